The lowest BCUT2D eigenvalue weighted by molar-refractivity contribution is 0.282. The number of rotatable bonds is 4. The van der Waals surface area contributed by atoms with E-state index in [4.69, 9.17) is 10.7 Å². The van der Waals surface area contributed by atoms with Crippen LogP contribution < -0.4 is 5.73 Å². The third-order valence-corrected chi connectivity index (χ3v) is 4.17. The Morgan fingerprint density at radius 1 is 1.26 bits per heavy atom. The van der Waals surface area contributed by atoms with E-state index in [2.05, 4.69) is 44.2 Å². The number of aryl methyl sites for hydroxylation is 1. The molecular weight excluding hydrogens is 236 g/mol. The molecule has 4 nitrogen and oxygen atoms in total. The lowest BCUT2D eigenvalue weighted by Crippen LogP contribution is -2.51. The van der Waals surface area contributed by atoms with Gasteiger partial charge in [0.25, 0.3) is 0 Å². The Hall–Kier alpha value is -1.42. The summed E-state index contributed by atoms with van der Waals surface area (Å²) in [6.45, 7) is 11.6. The Morgan fingerprint density at radius 2 is 1.95 bits per heavy atom. The second-order valence-corrected chi connectivity index (χ2v) is 6.30. The van der Waals surface area contributed by atoms with E-state index in [1.54, 1.807) is 0 Å². The van der Waals surface area contributed by atoms with E-state index in [9.17, 15) is 0 Å². The van der Waals surface area contributed by atoms with Crippen molar-refractivity contribution in [3.63, 3.8) is 0 Å². The van der Waals surface area contributed by atoms with E-state index in [0.29, 0.717) is 0 Å². The van der Waals surface area contributed by atoms with Crippen LogP contribution in [-0.2, 0) is 12.0 Å². The van der Waals surface area contributed by atoms with Crippen LogP contribution in [0.25, 0.3) is 11.0 Å². The minimum atomic E-state index is -0.340. The van der Waals surface area contributed by atoms with Gasteiger partial charge in [-0.15, -0.1) is 0 Å². The molecule has 2 rings (SSSR count). The number of imidazole rings is 1. The first-order valence-electron chi connectivity index (χ1n) is 6.88. The van der Waals surface area contributed by atoms with Gasteiger partial charge in [-0.2, -0.15) is 0 Å². The van der Waals surface area contributed by atoms with Crippen LogP contribution in [-0.4, -0.2) is 20.1 Å². The Balaban J connectivity index is 2.69. The van der Waals surface area contributed by atoms with Crippen LogP contribution in [0.5, 0.6) is 0 Å². The molecule has 19 heavy (non-hydrogen) atoms. The van der Waals surface area contributed by atoms with E-state index in [1.165, 1.54) is 0 Å². The molecular formula is C15H24N4. The predicted octanol–water partition coefficient (Wildman–Crippen LogP) is 2.86. The molecule has 2 N–H and O–H groups in total. The Bertz CT molecular complexity index is 575. The molecule has 2 heterocycles. The number of fused-ring (bicyclic) bond motifs is 1. The largest absolute Gasteiger partial charge is 0.327 e. The quantitative estimate of drug-likeness (QED) is 0.919. The summed E-state index contributed by atoms with van der Waals surface area (Å²) in [4.78, 5) is 8.95. The van der Waals surface area contributed by atoms with Gasteiger partial charge in [-0.25, -0.2) is 4.98 Å². The second kappa shape index (κ2) is 4.60. The predicted molar refractivity (Wildman–Crippen MR) is 79.1 cm³/mol. The maximum atomic E-state index is 6.36. The summed E-state index contributed by atoms with van der Waals surface area (Å²) in [5.74, 6) is 1.05. The molecule has 0 aromatic carbocycles. The fourth-order valence-corrected chi connectivity index (χ4v) is 2.20. The summed E-state index contributed by atoms with van der Waals surface area (Å²) in [5.41, 5.74) is 7.91. The van der Waals surface area contributed by atoms with Gasteiger partial charge in [0, 0.05) is 23.7 Å². The first kappa shape index (κ1) is 14.0. The van der Waals surface area contributed by atoms with Crippen molar-refractivity contribution in [1.29, 1.82) is 0 Å². The molecule has 0 aliphatic heterocycles. The van der Waals surface area contributed by atoms with Gasteiger partial charge in [-0.3, -0.25) is 4.98 Å². The summed E-state index contributed by atoms with van der Waals surface area (Å²) in [6, 6.07) is 2.03. The second-order valence-electron chi connectivity index (χ2n) is 6.30. The zero-order chi connectivity index (χ0) is 14.3. The smallest absolute Gasteiger partial charge is 0.117 e. The topological polar surface area (TPSA) is 56.7 Å². The van der Waals surface area contributed by atoms with Gasteiger partial charge in [0.05, 0.1) is 11.7 Å². The maximum Gasteiger partial charge on any atom is 0.117 e. The van der Waals surface area contributed by atoms with Gasteiger partial charge in [-0.1, -0.05) is 20.8 Å². The summed E-state index contributed by atoms with van der Waals surface area (Å²) in [5, 5.41) is 0. The SMILES string of the molecule is CCCn1c(C(C)(C)C(C)(C)N)nc2cnccc21. The number of nitrogens with zero attached hydrogens (tertiary/aromatic N) is 3. The lowest BCUT2D eigenvalue weighted by Gasteiger charge is -2.38. The molecule has 0 saturated heterocycles. The van der Waals surface area contributed by atoms with E-state index < -0.39 is 0 Å². The molecule has 104 valence electrons. The highest BCUT2D eigenvalue weighted by Gasteiger charge is 2.39. The summed E-state index contributed by atoms with van der Waals surface area (Å²) >= 11 is 0. The molecule has 0 spiro atoms. The fraction of sp³-hybridized carbons (Fsp3) is 0.600. The molecule has 0 saturated carbocycles. The minimum absolute atomic E-state index is 0.207. The van der Waals surface area contributed by atoms with Crippen LogP contribution >= 0.6 is 0 Å². The van der Waals surface area contributed by atoms with Gasteiger partial charge < -0.3 is 10.3 Å². The number of aromatic nitrogens is 3. The van der Waals surface area contributed by atoms with Crippen molar-refractivity contribution in [3.05, 3.63) is 24.3 Å². The highest BCUT2D eigenvalue weighted by Crippen LogP contribution is 2.34. The molecule has 0 unspecified atom stereocenters. The maximum absolute atomic E-state index is 6.36. The van der Waals surface area contributed by atoms with E-state index in [1.807, 2.05) is 18.5 Å². The Kier molecular flexibility index (Phi) is 3.39. The zero-order valence-electron chi connectivity index (χ0n) is 12.6. The van der Waals surface area contributed by atoms with Gasteiger partial charge in [0.15, 0.2) is 0 Å². The molecule has 0 radical (unpaired) electrons. The molecule has 4 heteroatoms. The summed E-state index contributed by atoms with van der Waals surface area (Å²) < 4.78 is 2.28. The third kappa shape index (κ3) is 2.25. The average molecular weight is 260 g/mol. The van der Waals surface area contributed by atoms with Crippen LogP contribution in [0, 0.1) is 0 Å². The monoisotopic (exact) mass is 260 g/mol. The van der Waals surface area contributed by atoms with Gasteiger partial charge in [-0.05, 0) is 26.3 Å². The van der Waals surface area contributed by atoms with Crippen LogP contribution in [0.4, 0.5) is 0 Å². The van der Waals surface area contributed by atoms with Crippen molar-refractivity contribution in [2.75, 3.05) is 0 Å². The molecule has 0 bridgehead atoms. The van der Waals surface area contributed by atoms with E-state index in [-0.39, 0.29) is 11.0 Å². The van der Waals surface area contributed by atoms with Crippen LogP contribution in [0.15, 0.2) is 18.5 Å². The van der Waals surface area contributed by atoms with Gasteiger partial charge in [0.1, 0.15) is 11.3 Å². The molecule has 0 atom stereocenters. The van der Waals surface area contributed by atoms with Crippen molar-refractivity contribution in [3.8, 4) is 0 Å². The van der Waals surface area contributed by atoms with Crippen LogP contribution in [0.3, 0.4) is 0 Å². The lowest BCUT2D eigenvalue weighted by atomic mass is 9.74. The summed E-state index contributed by atoms with van der Waals surface area (Å²) in [6.07, 6.45) is 4.72. The standard InChI is InChI=1S/C15H24N4/c1-6-9-19-12-7-8-17-10-11(12)18-13(19)14(2,3)15(4,5)16/h7-8,10H,6,9,16H2,1-5H3. The molecule has 0 fully saturated rings. The van der Waals surface area contributed by atoms with Crippen molar-refractivity contribution < 1.29 is 0 Å². The number of pyridine rings is 1. The Morgan fingerprint density at radius 3 is 2.53 bits per heavy atom. The highest BCUT2D eigenvalue weighted by molar-refractivity contribution is 5.75. The first-order valence-corrected chi connectivity index (χ1v) is 6.88. The van der Waals surface area contributed by atoms with Gasteiger partial charge >= 0.3 is 0 Å². The van der Waals surface area contributed by atoms with Crippen molar-refractivity contribution in [1.82, 2.24) is 14.5 Å². The van der Waals surface area contributed by atoms with E-state index >= 15 is 0 Å². The van der Waals surface area contributed by atoms with Crippen LogP contribution in [0.2, 0.25) is 0 Å². The van der Waals surface area contributed by atoms with Crippen molar-refractivity contribution in [2.24, 2.45) is 5.73 Å². The molecule has 0 aliphatic carbocycles. The average Bonchev–Trinajstić information content (AvgIpc) is 2.68. The Labute approximate surface area is 115 Å². The van der Waals surface area contributed by atoms with Crippen molar-refractivity contribution in [2.45, 2.75) is 58.5 Å². The number of hydrogen-bond donors (Lipinski definition) is 1. The molecule has 2 aromatic rings. The first-order chi connectivity index (χ1) is 8.79. The van der Waals surface area contributed by atoms with Gasteiger partial charge in [0.2, 0.25) is 0 Å². The third-order valence-electron chi connectivity index (χ3n) is 4.17. The number of hydrogen-bond acceptors (Lipinski definition) is 3. The fourth-order valence-electron chi connectivity index (χ4n) is 2.20. The minimum Gasteiger partial charge on any atom is -0.327 e. The molecule has 0 aliphatic rings. The normalized spacial score (nSPS) is 13.2. The van der Waals surface area contributed by atoms with Crippen LogP contribution in [0.1, 0.15) is 46.9 Å². The zero-order valence-corrected chi connectivity index (χ0v) is 12.6. The number of nitrogens with two attached hydrogens (primary N) is 1. The highest BCUT2D eigenvalue weighted by atomic mass is 15.1. The molecule has 2 aromatic heterocycles. The molecule has 0 amide bonds. The summed E-state index contributed by atoms with van der Waals surface area (Å²) in [7, 11) is 0. The van der Waals surface area contributed by atoms with E-state index in [0.717, 1.165) is 29.8 Å². The van der Waals surface area contributed by atoms with Crippen molar-refractivity contribution >= 4 is 11.0 Å².